The van der Waals surface area contributed by atoms with Crippen molar-refractivity contribution in [3.8, 4) is 5.75 Å². The molecule has 0 unspecified atom stereocenters. The second-order valence-corrected chi connectivity index (χ2v) is 9.51. The maximum absolute atomic E-state index is 13.6. The van der Waals surface area contributed by atoms with Crippen LogP contribution in [0.2, 0.25) is 5.02 Å². The number of carbonyl (C=O) groups excluding carboxylic acids is 1. The van der Waals surface area contributed by atoms with Gasteiger partial charge in [0, 0.05) is 10.7 Å². The Morgan fingerprint density at radius 2 is 1.72 bits per heavy atom. The molecule has 3 aromatic rings. The average molecular weight is 473 g/mol. The molecule has 0 radical (unpaired) electrons. The van der Waals surface area contributed by atoms with Gasteiger partial charge in [-0.05, 0) is 62.7 Å². The van der Waals surface area contributed by atoms with Gasteiger partial charge in [0.25, 0.3) is 10.0 Å². The Morgan fingerprint density at radius 1 is 1.03 bits per heavy atom. The van der Waals surface area contributed by atoms with Gasteiger partial charge in [0.05, 0.1) is 17.2 Å². The smallest absolute Gasteiger partial charge is 0.264 e. The third kappa shape index (κ3) is 5.41. The number of nitrogens with zero attached hydrogens (tertiary/aromatic N) is 1. The SMILES string of the molecule is CCOc1ccccc1N(CC(=O)Nc1ccc(C)c(Cl)c1)S(=O)(=O)c1ccc(C)cc1. The highest BCUT2D eigenvalue weighted by Crippen LogP contribution is 2.32. The molecule has 6 nitrogen and oxygen atoms in total. The van der Waals surface area contributed by atoms with Crippen molar-refractivity contribution >= 4 is 38.9 Å². The number of aryl methyl sites for hydroxylation is 2. The molecule has 0 saturated heterocycles. The zero-order chi connectivity index (χ0) is 23.3. The number of sulfonamides is 1. The van der Waals surface area contributed by atoms with Crippen LogP contribution in [-0.2, 0) is 14.8 Å². The van der Waals surface area contributed by atoms with E-state index < -0.39 is 22.5 Å². The molecule has 3 rings (SSSR count). The summed E-state index contributed by atoms with van der Waals surface area (Å²) >= 11 is 6.15. The Hall–Kier alpha value is -3.03. The minimum absolute atomic E-state index is 0.0839. The predicted octanol–water partition coefficient (Wildman–Crippen LogP) is 5.19. The monoisotopic (exact) mass is 472 g/mol. The fourth-order valence-electron chi connectivity index (χ4n) is 3.08. The molecule has 0 fully saturated rings. The topological polar surface area (TPSA) is 75.7 Å². The van der Waals surface area contributed by atoms with Crippen molar-refractivity contribution in [2.24, 2.45) is 0 Å². The Morgan fingerprint density at radius 3 is 2.38 bits per heavy atom. The molecule has 0 aliphatic carbocycles. The first-order valence-corrected chi connectivity index (χ1v) is 11.9. The lowest BCUT2D eigenvalue weighted by Gasteiger charge is -2.26. The van der Waals surface area contributed by atoms with Gasteiger partial charge in [-0.3, -0.25) is 9.10 Å². The van der Waals surface area contributed by atoms with E-state index >= 15 is 0 Å². The van der Waals surface area contributed by atoms with Crippen LogP contribution in [0.3, 0.4) is 0 Å². The molecule has 0 aromatic heterocycles. The number of hydrogen-bond donors (Lipinski definition) is 1. The fraction of sp³-hybridized carbons (Fsp3) is 0.208. The number of anilines is 2. The molecular formula is C24H25ClN2O4S. The van der Waals surface area contributed by atoms with Crippen LogP contribution in [-0.4, -0.2) is 27.5 Å². The molecule has 0 aliphatic heterocycles. The van der Waals surface area contributed by atoms with Crippen molar-refractivity contribution in [3.63, 3.8) is 0 Å². The summed E-state index contributed by atoms with van der Waals surface area (Å²) in [5, 5.41) is 3.23. The number of halogens is 1. The van der Waals surface area contributed by atoms with Crippen molar-refractivity contribution in [2.75, 3.05) is 22.8 Å². The van der Waals surface area contributed by atoms with E-state index in [9.17, 15) is 13.2 Å². The van der Waals surface area contributed by atoms with Crippen LogP contribution in [0.5, 0.6) is 5.75 Å². The summed E-state index contributed by atoms with van der Waals surface area (Å²) < 4.78 is 33.8. The maximum atomic E-state index is 13.6. The van der Waals surface area contributed by atoms with Crippen LogP contribution in [0.4, 0.5) is 11.4 Å². The van der Waals surface area contributed by atoms with Gasteiger partial charge in [0.15, 0.2) is 0 Å². The number of amides is 1. The third-order valence-electron chi connectivity index (χ3n) is 4.79. The summed E-state index contributed by atoms with van der Waals surface area (Å²) in [6, 6.07) is 18.4. The fourth-order valence-corrected chi connectivity index (χ4v) is 4.69. The quantitative estimate of drug-likeness (QED) is 0.489. The molecule has 0 spiro atoms. The number of para-hydroxylation sites is 2. The van der Waals surface area contributed by atoms with Gasteiger partial charge < -0.3 is 10.1 Å². The summed E-state index contributed by atoms with van der Waals surface area (Å²) in [4.78, 5) is 13.0. The maximum Gasteiger partial charge on any atom is 0.264 e. The predicted molar refractivity (Wildman–Crippen MR) is 128 cm³/mol. The van der Waals surface area contributed by atoms with E-state index in [0.29, 0.717) is 23.1 Å². The molecule has 1 amide bonds. The summed E-state index contributed by atoms with van der Waals surface area (Å²) in [6.45, 7) is 5.45. The van der Waals surface area contributed by atoms with Crippen molar-refractivity contribution in [3.05, 3.63) is 82.9 Å². The summed E-state index contributed by atoms with van der Waals surface area (Å²) in [5.41, 5.74) is 2.57. The molecule has 0 atom stereocenters. The van der Waals surface area contributed by atoms with Crippen LogP contribution in [0, 0.1) is 13.8 Å². The van der Waals surface area contributed by atoms with Gasteiger partial charge in [-0.25, -0.2) is 8.42 Å². The van der Waals surface area contributed by atoms with Crippen LogP contribution < -0.4 is 14.4 Å². The van der Waals surface area contributed by atoms with Gasteiger partial charge in [0.2, 0.25) is 5.91 Å². The largest absolute Gasteiger partial charge is 0.492 e. The van der Waals surface area contributed by atoms with Gasteiger partial charge in [-0.1, -0.05) is 47.5 Å². The van der Waals surface area contributed by atoms with Crippen LogP contribution in [0.15, 0.2) is 71.6 Å². The lowest BCUT2D eigenvalue weighted by atomic mass is 10.2. The highest BCUT2D eigenvalue weighted by molar-refractivity contribution is 7.92. The van der Waals surface area contributed by atoms with E-state index in [1.807, 2.05) is 20.8 Å². The number of carbonyl (C=O) groups is 1. The Balaban J connectivity index is 1.99. The lowest BCUT2D eigenvalue weighted by molar-refractivity contribution is -0.114. The molecule has 0 aliphatic rings. The van der Waals surface area contributed by atoms with Crippen molar-refractivity contribution in [1.29, 1.82) is 0 Å². The first-order valence-electron chi connectivity index (χ1n) is 10.1. The van der Waals surface area contributed by atoms with E-state index in [-0.39, 0.29) is 10.6 Å². The van der Waals surface area contributed by atoms with Crippen molar-refractivity contribution in [2.45, 2.75) is 25.7 Å². The molecular weight excluding hydrogens is 448 g/mol. The van der Waals surface area contributed by atoms with Gasteiger partial charge >= 0.3 is 0 Å². The van der Waals surface area contributed by atoms with Crippen molar-refractivity contribution < 1.29 is 17.9 Å². The molecule has 0 bridgehead atoms. The highest BCUT2D eigenvalue weighted by atomic mass is 35.5. The van der Waals surface area contributed by atoms with E-state index in [0.717, 1.165) is 15.4 Å². The van der Waals surface area contributed by atoms with E-state index in [4.69, 9.17) is 16.3 Å². The number of rotatable bonds is 8. The molecule has 8 heteroatoms. The van der Waals surface area contributed by atoms with Crippen LogP contribution in [0.1, 0.15) is 18.1 Å². The van der Waals surface area contributed by atoms with Crippen LogP contribution >= 0.6 is 11.6 Å². The zero-order valence-electron chi connectivity index (χ0n) is 18.1. The minimum Gasteiger partial charge on any atom is -0.492 e. The normalized spacial score (nSPS) is 11.1. The van der Waals surface area contributed by atoms with E-state index in [1.165, 1.54) is 12.1 Å². The van der Waals surface area contributed by atoms with Gasteiger partial charge in [0.1, 0.15) is 12.3 Å². The standard InChI is InChI=1S/C24H25ClN2O4S/c1-4-31-23-8-6-5-7-22(23)27(32(29,30)20-13-9-17(2)10-14-20)16-24(28)26-19-12-11-18(3)21(25)15-19/h5-15H,4,16H2,1-3H3,(H,26,28). The highest BCUT2D eigenvalue weighted by Gasteiger charge is 2.29. The molecule has 0 saturated carbocycles. The first kappa shape index (κ1) is 23.6. The third-order valence-corrected chi connectivity index (χ3v) is 6.97. The number of ether oxygens (including phenoxy) is 1. The average Bonchev–Trinajstić information content (AvgIpc) is 2.76. The minimum atomic E-state index is -4.05. The Bertz CT molecular complexity index is 1210. The second kappa shape index (κ2) is 10.1. The first-order chi connectivity index (χ1) is 15.2. The van der Waals surface area contributed by atoms with Gasteiger partial charge in [-0.2, -0.15) is 0 Å². The molecule has 0 heterocycles. The molecule has 3 aromatic carbocycles. The van der Waals surface area contributed by atoms with E-state index in [1.54, 1.807) is 54.6 Å². The Labute approximate surface area is 193 Å². The number of nitrogens with one attached hydrogen (secondary N) is 1. The molecule has 168 valence electrons. The number of hydrogen-bond acceptors (Lipinski definition) is 4. The van der Waals surface area contributed by atoms with Crippen LogP contribution in [0.25, 0.3) is 0 Å². The lowest BCUT2D eigenvalue weighted by Crippen LogP contribution is -2.38. The Kier molecular flexibility index (Phi) is 7.43. The van der Waals surface area contributed by atoms with E-state index in [2.05, 4.69) is 5.32 Å². The molecule has 1 N–H and O–H groups in total. The molecule has 32 heavy (non-hydrogen) atoms. The summed E-state index contributed by atoms with van der Waals surface area (Å²) in [7, 11) is -4.05. The summed E-state index contributed by atoms with van der Waals surface area (Å²) in [5.74, 6) is -0.135. The summed E-state index contributed by atoms with van der Waals surface area (Å²) in [6.07, 6.45) is 0. The van der Waals surface area contributed by atoms with Crippen molar-refractivity contribution in [1.82, 2.24) is 0 Å². The van der Waals surface area contributed by atoms with Gasteiger partial charge in [-0.15, -0.1) is 0 Å². The number of benzene rings is 3. The second-order valence-electron chi connectivity index (χ2n) is 7.24. The zero-order valence-corrected chi connectivity index (χ0v) is 19.7.